The number of hydrogen-bond donors (Lipinski definition) is 0. The molecule has 2 aliphatic heterocycles. The molecule has 136 valence electrons. The SMILES string of the molecule is CCN1CCN(C(=O)CC2CCN(c3snc(Cl)c3C#N)CC2)CC1. The molecule has 1 aromatic heterocycles. The quantitative estimate of drug-likeness (QED) is 0.801. The third kappa shape index (κ3) is 4.25. The summed E-state index contributed by atoms with van der Waals surface area (Å²) in [6.07, 6.45) is 2.59. The first-order valence-corrected chi connectivity index (χ1v) is 10.1. The van der Waals surface area contributed by atoms with E-state index in [0.29, 0.717) is 29.0 Å². The highest BCUT2D eigenvalue weighted by Gasteiger charge is 2.27. The van der Waals surface area contributed by atoms with Crippen LogP contribution in [0.5, 0.6) is 0 Å². The topological polar surface area (TPSA) is 63.5 Å². The maximum atomic E-state index is 12.5. The molecule has 1 amide bonds. The van der Waals surface area contributed by atoms with Gasteiger partial charge in [0.2, 0.25) is 5.91 Å². The number of likely N-dealkylation sites (N-methyl/N-ethyl adjacent to an activating group) is 1. The van der Waals surface area contributed by atoms with Crippen molar-refractivity contribution < 1.29 is 4.79 Å². The van der Waals surface area contributed by atoms with Crippen molar-refractivity contribution in [3.8, 4) is 6.07 Å². The van der Waals surface area contributed by atoms with Gasteiger partial charge in [-0.2, -0.15) is 9.64 Å². The Bertz CT molecular complexity index is 642. The molecule has 0 spiro atoms. The van der Waals surface area contributed by atoms with Crippen LogP contribution in [0.15, 0.2) is 0 Å². The Morgan fingerprint density at radius 2 is 1.96 bits per heavy atom. The Morgan fingerprint density at radius 3 is 2.56 bits per heavy atom. The van der Waals surface area contributed by atoms with Crippen LogP contribution in [0.2, 0.25) is 5.15 Å². The van der Waals surface area contributed by atoms with E-state index in [-0.39, 0.29) is 0 Å². The third-order valence-corrected chi connectivity index (χ3v) is 6.56. The van der Waals surface area contributed by atoms with Gasteiger partial charge in [-0.15, -0.1) is 0 Å². The van der Waals surface area contributed by atoms with Gasteiger partial charge in [-0.25, -0.2) is 0 Å². The molecule has 1 aromatic rings. The first-order valence-electron chi connectivity index (χ1n) is 8.92. The summed E-state index contributed by atoms with van der Waals surface area (Å²) < 4.78 is 4.08. The molecule has 3 heterocycles. The smallest absolute Gasteiger partial charge is 0.222 e. The maximum Gasteiger partial charge on any atom is 0.222 e. The molecular formula is C17H24ClN5OS. The highest BCUT2D eigenvalue weighted by Crippen LogP contribution is 2.34. The minimum atomic E-state index is 0.297. The van der Waals surface area contributed by atoms with Crippen molar-refractivity contribution in [2.45, 2.75) is 26.2 Å². The highest BCUT2D eigenvalue weighted by atomic mass is 35.5. The van der Waals surface area contributed by atoms with Crippen LogP contribution in [-0.2, 0) is 4.79 Å². The summed E-state index contributed by atoms with van der Waals surface area (Å²) >= 11 is 7.25. The number of nitriles is 1. The molecule has 0 atom stereocenters. The lowest BCUT2D eigenvalue weighted by molar-refractivity contribution is -0.134. The summed E-state index contributed by atoms with van der Waals surface area (Å²) in [6.45, 7) is 8.63. The van der Waals surface area contributed by atoms with E-state index in [2.05, 4.69) is 27.2 Å². The van der Waals surface area contributed by atoms with Crippen molar-refractivity contribution in [1.29, 1.82) is 5.26 Å². The fraction of sp³-hybridized carbons (Fsp3) is 0.706. The number of amides is 1. The van der Waals surface area contributed by atoms with Crippen LogP contribution in [0, 0.1) is 17.2 Å². The number of halogens is 1. The Balaban J connectivity index is 1.48. The predicted molar refractivity (Wildman–Crippen MR) is 100 cm³/mol. The van der Waals surface area contributed by atoms with E-state index >= 15 is 0 Å². The highest BCUT2D eigenvalue weighted by molar-refractivity contribution is 7.10. The summed E-state index contributed by atoms with van der Waals surface area (Å²) in [5.41, 5.74) is 0.481. The van der Waals surface area contributed by atoms with E-state index in [1.165, 1.54) is 11.5 Å². The minimum absolute atomic E-state index is 0.297. The first-order chi connectivity index (χ1) is 12.1. The number of anilines is 1. The van der Waals surface area contributed by atoms with E-state index < -0.39 is 0 Å². The summed E-state index contributed by atoms with van der Waals surface area (Å²) in [6, 6.07) is 2.15. The van der Waals surface area contributed by atoms with Crippen LogP contribution < -0.4 is 4.90 Å². The van der Waals surface area contributed by atoms with Gasteiger partial charge in [0.25, 0.3) is 0 Å². The second-order valence-corrected chi connectivity index (χ2v) is 7.82. The Kier molecular flexibility index (Phi) is 6.15. The first kappa shape index (κ1) is 18.4. The second-order valence-electron chi connectivity index (χ2n) is 6.71. The van der Waals surface area contributed by atoms with Crippen molar-refractivity contribution in [3.05, 3.63) is 10.7 Å². The van der Waals surface area contributed by atoms with Gasteiger partial charge in [0.05, 0.1) is 0 Å². The molecule has 0 unspecified atom stereocenters. The second kappa shape index (κ2) is 8.35. The van der Waals surface area contributed by atoms with E-state index in [1.807, 2.05) is 4.90 Å². The monoisotopic (exact) mass is 381 g/mol. The van der Waals surface area contributed by atoms with Gasteiger partial charge in [0.1, 0.15) is 16.6 Å². The molecule has 8 heteroatoms. The lowest BCUT2D eigenvalue weighted by Gasteiger charge is -2.36. The molecule has 0 N–H and O–H groups in total. The van der Waals surface area contributed by atoms with Crippen LogP contribution >= 0.6 is 23.1 Å². The van der Waals surface area contributed by atoms with E-state index in [4.69, 9.17) is 11.6 Å². The zero-order chi connectivity index (χ0) is 17.8. The van der Waals surface area contributed by atoms with Crippen LogP contribution in [0.1, 0.15) is 31.7 Å². The molecule has 2 aliphatic rings. The van der Waals surface area contributed by atoms with Crippen molar-refractivity contribution in [2.24, 2.45) is 5.92 Å². The fourth-order valence-corrected chi connectivity index (χ4v) is 4.68. The van der Waals surface area contributed by atoms with Crippen LogP contribution in [0.4, 0.5) is 5.00 Å². The molecule has 2 saturated heterocycles. The largest absolute Gasteiger partial charge is 0.361 e. The standard InChI is InChI=1S/C17H24ClN5OS/c1-2-21-7-9-22(10-8-21)15(24)11-13-3-5-23(6-4-13)17-14(12-19)16(18)20-25-17/h13H,2-11H2,1H3. The zero-order valence-electron chi connectivity index (χ0n) is 14.6. The van der Waals surface area contributed by atoms with Gasteiger partial charge in [0.15, 0.2) is 5.15 Å². The summed E-state index contributed by atoms with van der Waals surface area (Å²) in [5, 5.41) is 10.4. The number of piperidine rings is 1. The lowest BCUT2D eigenvalue weighted by atomic mass is 9.93. The molecule has 0 radical (unpaired) electrons. The van der Waals surface area contributed by atoms with Gasteiger partial charge in [-0.05, 0) is 36.8 Å². The molecule has 0 bridgehead atoms. The summed E-state index contributed by atoms with van der Waals surface area (Å²) in [5.74, 6) is 0.731. The van der Waals surface area contributed by atoms with Crippen molar-refractivity contribution in [3.63, 3.8) is 0 Å². The number of hydrogen-bond acceptors (Lipinski definition) is 6. The number of aromatic nitrogens is 1. The molecule has 0 aliphatic carbocycles. The van der Waals surface area contributed by atoms with Crippen LogP contribution in [0.3, 0.4) is 0 Å². The molecule has 2 fully saturated rings. The van der Waals surface area contributed by atoms with Crippen molar-refractivity contribution in [1.82, 2.24) is 14.2 Å². The van der Waals surface area contributed by atoms with Crippen LogP contribution in [-0.4, -0.2) is 65.9 Å². The maximum absolute atomic E-state index is 12.5. The summed E-state index contributed by atoms with van der Waals surface area (Å²) in [7, 11) is 0. The molecule has 6 nitrogen and oxygen atoms in total. The van der Waals surface area contributed by atoms with Gasteiger partial charge in [-0.1, -0.05) is 18.5 Å². The van der Waals surface area contributed by atoms with Gasteiger partial charge < -0.3 is 14.7 Å². The Hall–Kier alpha value is -1.36. The fourth-order valence-electron chi connectivity index (χ4n) is 3.60. The third-order valence-electron chi connectivity index (χ3n) is 5.28. The van der Waals surface area contributed by atoms with Crippen molar-refractivity contribution in [2.75, 3.05) is 50.7 Å². The minimum Gasteiger partial charge on any atom is -0.361 e. The average Bonchev–Trinajstić information content (AvgIpc) is 3.03. The summed E-state index contributed by atoms with van der Waals surface area (Å²) in [4.78, 5) is 19.1. The molecule has 25 heavy (non-hydrogen) atoms. The number of carbonyl (C=O) groups excluding carboxylic acids is 1. The Morgan fingerprint density at radius 1 is 1.28 bits per heavy atom. The molecular weight excluding hydrogens is 358 g/mol. The van der Waals surface area contributed by atoms with Crippen LogP contribution in [0.25, 0.3) is 0 Å². The van der Waals surface area contributed by atoms with E-state index in [1.54, 1.807) is 0 Å². The van der Waals surface area contributed by atoms with E-state index in [9.17, 15) is 10.1 Å². The number of rotatable bonds is 4. The predicted octanol–water partition coefficient (Wildman–Crippen LogP) is 2.44. The van der Waals surface area contributed by atoms with Gasteiger partial charge >= 0.3 is 0 Å². The molecule has 0 saturated carbocycles. The van der Waals surface area contributed by atoms with Gasteiger partial charge in [0, 0.05) is 45.7 Å². The lowest BCUT2D eigenvalue weighted by Crippen LogP contribution is -2.49. The normalized spacial score (nSPS) is 19.9. The van der Waals surface area contributed by atoms with E-state index in [0.717, 1.165) is 63.7 Å². The number of piperazine rings is 1. The average molecular weight is 382 g/mol. The Labute approximate surface area is 158 Å². The molecule has 0 aromatic carbocycles. The zero-order valence-corrected chi connectivity index (χ0v) is 16.2. The number of carbonyl (C=O) groups is 1. The van der Waals surface area contributed by atoms with Gasteiger partial charge in [-0.3, -0.25) is 4.79 Å². The number of nitrogens with zero attached hydrogens (tertiary/aromatic N) is 5. The van der Waals surface area contributed by atoms with Crippen molar-refractivity contribution >= 4 is 34.0 Å². The molecule has 3 rings (SSSR count).